The number of amides is 1. The molecule has 3 aromatic rings. The number of ketones is 1. The third-order valence-electron chi connectivity index (χ3n) is 4.03. The number of hydrogen-bond donors (Lipinski definition) is 1. The molecule has 0 aliphatic rings. The molecule has 0 saturated heterocycles. The monoisotopic (exact) mass is 383 g/mol. The number of benzene rings is 2. The molecule has 0 aliphatic carbocycles. The lowest BCUT2D eigenvalue weighted by Gasteiger charge is -2.07. The standard InChI is InChI=1S/C23H17N3O3/c1-25-23(28)21-14-20(12-13-26-21)29-19-9-7-18(8-10-19)22(27)11-6-16-2-4-17(15-24)5-3-16/h2-14H,1H3,(H,25,28)/b11-6+. The Kier molecular flexibility index (Phi) is 6.13. The molecule has 0 spiro atoms. The number of nitrogens with one attached hydrogen (secondary N) is 1. The van der Waals surface area contributed by atoms with Crippen LogP contribution in [0.15, 0.2) is 72.9 Å². The van der Waals surface area contributed by atoms with Crippen LogP contribution in [0.25, 0.3) is 6.08 Å². The number of aromatic nitrogens is 1. The van der Waals surface area contributed by atoms with Gasteiger partial charge in [0.2, 0.25) is 0 Å². The molecule has 0 aliphatic heterocycles. The zero-order chi connectivity index (χ0) is 20.6. The van der Waals surface area contributed by atoms with Gasteiger partial charge in [-0.3, -0.25) is 14.6 Å². The summed E-state index contributed by atoms with van der Waals surface area (Å²) in [6.07, 6.45) is 4.67. The van der Waals surface area contributed by atoms with Gasteiger partial charge in [0.15, 0.2) is 5.78 Å². The van der Waals surface area contributed by atoms with Gasteiger partial charge in [0.1, 0.15) is 17.2 Å². The first kappa shape index (κ1) is 19.5. The number of ether oxygens (including phenoxy) is 1. The predicted octanol–water partition coefficient (Wildman–Crippen LogP) is 4.00. The fourth-order valence-corrected chi connectivity index (χ4v) is 2.49. The van der Waals surface area contributed by atoms with E-state index in [9.17, 15) is 9.59 Å². The third kappa shape index (κ3) is 5.15. The second-order valence-corrected chi connectivity index (χ2v) is 6.01. The van der Waals surface area contributed by atoms with E-state index < -0.39 is 0 Å². The average Bonchev–Trinajstić information content (AvgIpc) is 2.78. The van der Waals surface area contributed by atoms with Crippen molar-refractivity contribution < 1.29 is 14.3 Å². The van der Waals surface area contributed by atoms with Gasteiger partial charge in [0.05, 0.1) is 11.6 Å². The first-order chi connectivity index (χ1) is 14.1. The van der Waals surface area contributed by atoms with Gasteiger partial charge in [-0.2, -0.15) is 5.26 Å². The minimum absolute atomic E-state index is 0.147. The van der Waals surface area contributed by atoms with Crippen molar-refractivity contribution in [1.82, 2.24) is 10.3 Å². The number of nitriles is 1. The van der Waals surface area contributed by atoms with Crippen molar-refractivity contribution in [2.75, 3.05) is 7.05 Å². The van der Waals surface area contributed by atoms with E-state index in [4.69, 9.17) is 10.00 Å². The predicted molar refractivity (Wildman–Crippen MR) is 109 cm³/mol. The van der Waals surface area contributed by atoms with Crippen molar-refractivity contribution in [3.05, 3.63) is 95.3 Å². The Hall–Kier alpha value is -4.24. The van der Waals surface area contributed by atoms with E-state index in [1.807, 2.05) is 0 Å². The number of allylic oxidation sites excluding steroid dienone is 1. The van der Waals surface area contributed by atoms with Gasteiger partial charge in [-0.25, -0.2) is 0 Å². The number of carbonyl (C=O) groups excluding carboxylic acids is 2. The minimum Gasteiger partial charge on any atom is -0.457 e. The van der Waals surface area contributed by atoms with Crippen molar-refractivity contribution in [3.63, 3.8) is 0 Å². The summed E-state index contributed by atoms with van der Waals surface area (Å²) in [6, 6.07) is 18.9. The molecular formula is C23H17N3O3. The molecule has 142 valence electrons. The molecule has 0 fully saturated rings. The van der Waals surface area contributed by atoms with Crippen LogP contribution < -0.4 is 10.1 Å². The van der Waals surface area contributed by atoms with Gasteiger partial charge in [-0.15, -0.1) is 0 Å². The second-order valence-electron chi connectivity index (χ2n) is 6.01. The van der Waals surface area contributed by atoms with Gasteiger partial charge >= 0.3 is 0 Å². The maximum absolute atomic E-state index is 12.3. The lowest BCUT2D eigenvalue weighted by Crippen LogP contribution is -2.18. The fourth-order valence-electron chi connectivity index (χ4n) is 2.49. The Morgan fingerprint density at radius 1 is 1.03 bits per heavy atom. The smallest absolute Gasteiger partial charge is 0.269 e. The van der Waals surface area contributed by atoms with Crippen molar-refractivity contribution in [2.45, 2.75) is 0 Å². The largest absolute Gasteiger partial charge is 0.457 e. The molecule has 2 aromatic carbocycles. The lowest BCUT2D eigenvalue weighted by molar-refractivity contribution is 0.0957. The van der Waals surface area contributed by atoms with Crippen LogP contribution in [0.3, 0.4) is 0 Å². The van der Waals surface area contributed by atoms with E-state index in [2.05, 4.69) is 16.4 Å². The van der Waals surface area contributed by atoms with E-state index in [1.165, 1.54) is 25.4 Å². The van der Waals surface area contributed by atoms with E-state index in [0.717, 1.165) is 5.56 Å². The fraction of sp³-hybridized carbons (Fsp3) is 0.0435. The second kappa shape index (κ2) is 9.11. The summed E-state index contributed by atoms with van der Waals surface area (Å²) >= 11 is 0. The average molecular weight is 383 g/mol. The van der Waals surface area contributed by atoms with Crippen LogP contribution in [-0.2, 0) is 0 Å². The zero-order valence-corrected chi connectivity index (χ0v) is 15.6. The Labute approximate surface area is 168 Å². The summed E-state index contributed by atoms with van der Waals surface area (Å²) in [6.45, 7) is 0. The minimum atomic E-state index is -0.301. The molecule has 1 N–H and O–H groups in total. The maximum atomic E-state index is 12.3. The van der Waals surface area contributed by atoms with Gasteiger partial charge in [-0.05, 0) is 54.1 Å². The summed E-state index contributed by atoms with van der Waals surface area (Å²) in [4.78, 5) is 28.0. The Morgan fingerprint density at radius 2 is 1.76 bits per heavy atom. The number of rotatable bonds is 6. The summed E-state index contributed by atoms with van der Waals surface area (Å²) < 4.78 is 5.72. The maximum Gasteiger partial charge on any atom is 0.269 e. The van der Waals surface area contributed by atoms with Crippen LogP contribution in [0.5, 0.6) is 11.5 Å². The van der Waals surface area contributed by atoms with Crippen molar-refractivity contribution >= 4 is 17.8 Å². The van der Waals surface area contributed by atoms with Crippen LogP contribution >= 0.6 is 0 Å². The third-order valence-corrected chi connectivity index (χ3v) is 4.03. The van der Waals surface area contributed by atoms with Crippen molar-refractivity contribution in [2.24, 2.45) is 0 Å². The molecule has 1 amide bonds. The highest BCUT2D eigenvalue weighted by Gasteiger charge is 2.07. The number of carbonyl (C=O) groups is 2. The SMILES string of the molecule is CNC(=O)c1cc(Oc2ccc(C(=O)/C=C/c3ccc(C#N)cc3)cc2)ccn1. The van der Waals surface area contributed by atoms with E-state index in [0.29, 0.717) is 22.6 Å². The number of pyridine rings is 1. The molecule has 1 aromatic heterocycles. The van der Waals surface area contributed by atoms with Crippen LogP contribution in [0.2, 0.25) is 0 Å². The zero-order valence-electron chi connectivity index (χ0n) is 15.6. The van der Waals surface area contributed by atoms with Gasteiger partial charge < -0.3 is 10.1 Å². The van der Waals surface area contributed by atoms with Gasteiger partial charge in [-0.1, -0.05) is 18.2 Å². The molecule has 1 heterocycles. The molecule has 0 saturated carbocycles. The van der Waals surface area contributed by atoms with E-state index in [1.54, 1.807) is 60.7 Å². The summed E-state index contributed by atoms with van der Waals surface area (Å²) in [5.41, 5.74) is 2.18. The molecule has 0 bridgehead atoms. The Morgan fingerprint density at radius 3 is 2.41 bits per heavy atom. The van der Waals surface area contributed by atoms with Crippen LogP contribution in [0.1, 0.15) is 32.0 Å². The lowest BCUT2D eigenvalue weighted by atomic mass is 10.1. The van der Waals surface area contributed by atoms with Crippen LogP contribution in [0.4, 0.5) is 0 Å². The Bertz CT molecular complexity index is 1100. The highest BCUT2D eigenvalue weighted by molar-refractivity contribution is 6.06. The van der Waals surface area contributed by atoms with Crippen molar-refractivity contribution in [3.8, 4) is 17.6 Å². The highest BCUT2D eigenvalue weighted by Crippen LogP contribution is 2.22. The first-order valence-electron chi connectivity index (χ1n) is 8.77. The number of hydrogen-bond acceptors (Lipinski definition) is 5. The molecular weight excluding hydrogens is 366 g/mol. The van der Waals surface area contributed by atoms with Crippen LogP contribution in [0, 0.1) is 11.3 Å². The molecule has 0 unspecified atom stereocenters. The quantitative estimate of drug-likeness (QED) is 0.513. The Balaban J connectivity index is 1.66. The highest BCUT2D eigenvalue weighted by atomic mass is 16.5. The van der Waals surface area contributed by atoms with E-state index in [-0.39, 0.29) is 17.4 Å². The summed E-state index contributed by atoms with van der Waals surface area (Å²) in [7, 11) is 1.53. The summed E-state index contributed by atoms with van der Waals surface area (Å²) in [5.74, 6) is 0.558. The topological polar surface area (TPSA) is 92.1 Å². The van der Waals surface area contributed by atoms with Crippen LogP contribution in [-0.4, -0.2) is 23.7 Å². The first-order valence-corrected chi connectivity index (χ1v) is 8.77. The van der Waals surface area contributed by atoms with Crippen molar-refractivity contribution in [1.29, 1.82) is 5.26 Å². The van der Waals surface area contributed by atoms with E-state index >= 15 is 0 Å². The molecule has 29 heavy (non-hydrogen) atoms. The molecule has 0 atom stereocenters. The molecule has 0 radical (unpaired) electrons. The molecule has 6 nitrogen and oxygen atoms in total. The molecule has 3 rings (SSSR count). The summed E-state index contributed by atoms with van der Waals surface area (Å²) in [5, 5.41) is 11.3. The van der Waals surface area contributed by atoms with Gasteiger partial charge in [0.25, 0.3) is 5.91 Å². The number of nitrogens with zero attached hydrogens (tertiary/aromatic N) is 2. The normalized spacial score (nSPS) is 10.3. The van der Waals surface area contributed by atoms with Gasteiger partial charge in [0, 0.05) is 24.9 Å². The molecule has 6 heteroatoms.